The lowest BCUT2D eigenvalue weighted by Crippen LogP contribution is -2.18. The third-order valence-electron chi connectivity index (χ3n) is 2.78. The summed E-state index contributed by atoms with van der Waals surface area (Å²) in [6, 6.07) is 10.3. The van der Waals surface area contributed by atoms with Crippen LogP contribution in [0.25, 0.3) is 0 Å². The van der Waals surface area contributed by atoms with Crippen LogP contribution in [0.5, 0.6) is 11.5 Å². The average Bonchev–Trinajstić information content (AvgIpc) is 2.51. The van der Waals surface area contributed by atoms with Crippen molar-refractivity contribution in [3.8, 4) is 11.5 Å². The number of nitrogens with zero attached hydrogens (tertiary/aromatic N) is 1. The van der Waals surface area contributed by atoms with Crippen molar-refractivity contribution in [1.29, 1.82) is 0 Å². The quantitative estimate of drug-likeness (QED) is 0.659. The molecule has 2 N–H and O–H groups in total. The van der Waals surface area contributed by atoms with E-state index in [-0.39, 0.29) is 11.3 Å². The monoisotopic (exact) mass is 302 g/mol. The fourth-order valence-corrected chi connectivity index (χ4v) is 1.75. The zero-order valence-corrected chi connectivity index (χ0v) is 11.9. The molecule has 0 spiro atoms. The van der Waals surface area contributed by atoms with E-state index in [0.29, 0.717) is 17.9 Å². The average molecular weight is 302 g/mol. The maximum Gasteiger partial charge on any atom is 0.274 e. The maximum atomic E-state index is 13.4. The van der Waals surface area contributed by atoms with Crippen LogP contribution in [0.15, 0.2) is 47.6 Å². The first kappa shape index (κ1) is 15.5. The Morgan fingerprint density at radius 3 is 2.86 bits per heavy atom. The molecule has 2 rings (SSSR count). The summed E-state index contributed by atoms with van der Waals surface area (Å²) < 4.78 is 18.7. The molecule has 114 valence electrons. The lowest BCUT2D eigenvalue weighted by Gasteiger charge is -2.06. The number of halogens is 1. The first-order valence-corrected chi connectivity index (χ1v) is 6.65. The number of nitrogens with one attached hydrogen (secondary N) is 1. The van der Waals surface area contributed by atoms with Gasteiger partial charge >= 0.3 is 0 Å². The van der Waals surface area contributed by atoms with Crippen LogP contribution in [0.3, 0.4) is 0 Å². The summed E-state index contributed by atoms with van der Waals surface area (Å²) >= 11 is 0. The van der Waals surface area contributed by atoms with Crippen LogP contribution >= 0.6 is 0 Å². The third-order valence-corrected chi connectivity index (χ3v) is 2.78. The van der Waals surface area contributed by atoms with Gasteiger partial charge in [0, 0.05) is 0 Å². The van der Waals surface area contributed by atoms with E-state index < -0.39 is 11.7 Å². The van der Waals surface area contributed by atoms with Gasteiger partial charge in [-0.1, -0.05) is 12.1 Å². The molecule has 0 aromatic heterocycles. The van der Waals surface area contributed by atoms with Crippen LogP contribution in [-0.4, -0.2) is 23.8 Å². The number of rotatable bonds is 5. The Hall–Kier alpha value is -2.89. The first-order valence-electron chi connectivity index (χ1n) is 6.65. The van der Waals surface area contributed by atoms with Gasteiger partial charge in [-0.2, -0.15) is 5.10 Å². The van der Waals surface area contributed by atoms with Gasteiger partial charge in [-0.3, -0.25) is 4.79 Å². The van der Waals surface area contributed by atoms with Gasteiger partial charge in [-0.05, 0) is 42.8 Å². The molecule has 0 aliphatic carbocycles. The topological polar surface area (TPSA) is 70.9 Å². The lowest BCUT2D eigenvalue weighted by molar-refractivity contribution is 0.0951. The number of ether oxygens (including phenoxy) is 1. The number of phenols is 1. The van der Waals surface area contributed by atoms with E-state index in [1.807, 2.05) is 0 Å². The summed E-state index contributed by atoms with van der Waals surface area (Å²) in [5.74, 6) is -0.905. The van der Waals surface area contributed by atoms with Crippen LogP contribution in [0.4, 0.5) is 4.39 Å². The van der Waals surface area contributed by atoms with E-state index in [4.69, 9.17) is 4.74 Å². The summed E-state index contributed by atoms with van der Waals surface area (Å²) in [4.78, 5) is 11.7. The van der Waals surface area contributed by atoms with Crippen molar-refractivity contribution in [3.05, 3.63) is 59.4 Å². The van der Waals surface area contributed by atoms with Crippen molar-refractivity contribution in [2.24, 2.45) is 5.10 Å². The number of hydrogen-bond donors (Lipinski definition) is 2. The van der Waals surface area contributed by atoms with Crippen LogP contribution in [0.2, 0.25) is 0 Å². The summed E-state index contributed by atoms with van der Waals surface area (Å²) in [6.45, 7) is 2.22. The van der Waals surface area contributed by atoms with Gasteiger partial charge < -0.3 is 9.84 Å². The number of benzene rings is 2. The molecule has 2 aromatic carbocycles. The molecule has 22 heavy (non-hydrogen) atoms. The van der Waals surface area contributed by atoms with Gasteiger partial charge in [0.1, 0.15) is 5.82 Å². The summed E-state index contributed by atoms with van der Waals surface area (Å²) in [5.41, 5.74) is 2.78. The van der Waals surface area contributed by atoms with Gasteiger partial charge in [-0.25, -0.2) is 9.82 Å². The number of carbonyl (C=O) groups is 1. The first-order chi connectivity index (χ1) is 10.6. The van der Waals surface area contributed by atoms with Gasteiger partial charge in [-0.15, -0.1) is 0 Å². The molecular weight excluding hydrogens is 287 g/mol. The Balaban J connectivity index is 2.05. The molecule has 0 unspecified atom stereocenters. The van der Waals surface area contributed by atoms with Crippen LogP contribution in [-0.2, 0) is 0 Å². The number of aromatic hydroxyl groups is 1. The molecule has 1 amide bonds. The Labute approximate surface area is 127 Å². The van der Waals surface area contributed by atoms with Crippen molar-refractivity contribution in [2.75, 3.05) is 6.61 Å². The molecule has 2 aromatic rings. The Morgan fingerprint density at radius 2 is 2.14 bits per heavy atom. The normalized spacial score (nSPS) is 10.6. The summed E-state index contributed by atoms with van der Waals surface area (Å²) in [5, 5.41) is 13.3. The second-order valence-corrected chi connectivity index (χ2v) is 4.34. The Morgan fingerprint density at radius 1 is 1.36 bits per heavy atom. The van der Waals surface area contributed by atoms with Crippen LogP contribution in [0.1, 0.15) is 22.8 Å². The molecule has 0 heterocycles. The molecular formula is C16H15FN2O3. The lowest BCUT2D eigenvalue weighted by atomic mass is 10.2. The van der Waals surface area contributed by atoms with Crippen molar-refractivity contribution in [2.45, 2.75) is 6.92 Å². The molecule has 0 saturated carbocycles. The summed E-state index contributed by atoms with van der Waals surface area (Å²) in [6.07, 6.45) is 1.38. The number of carbonyl (C=O) groups excluding carboxylic acids is 1. The van der Waals surface area contributed by atoms with Gasteiger partial charge in [0.25, 0.3) is 5.91 Å². The van der Waals surface area contributed by atoms with E-state index >= 15 is 0 Å². The number of hydrazone groups is 1. The Bertz CT molecular complexity index is 702. The molecule has 0 aliphatic rings. The smallest absolute Gasteiger partial charge is 0.274 e. The van der Waals surface area contributed by atoms with Crippen molar-refractivity contribution < 1.29 is 19.0 Å². The predicted octanol–water partition coefficient (Wildman–Crippen LogP) is 2.69. The summed E-state index contributed by atoms with van der Waals surface area (Å²) in [7, 11) is 0. The van der Waals surface area contributed by atoms with E-state index in [1.165, 1.54) is 30.5 Å². The minimum absolute atomic E-state index is 0.0226. The van der Waals surface area contributed by atoms with Crippen LogP contribution in [0, 0.1) is 5.82 Å². The molecule has 0 atom stereocenters. The fourth-order valence-electron chi connectivity index (χ4n) is 1.75. The maximum absolute atomic E-state index is 13.4. The van der Waals surface area contributed by atoms with Crippen molar-refractivity contribution in [1.82, 2.24) is 5.43 Å². The van der Waals surface area contributed by atoms with E-state index in [1.54, 1.807) is 25.1 Å². The predicted molar refractivity (Wildman–Crippen MR) is 80.7 cm³/mol. The molecule has 0 radical (unpaired) electrons. The standard InChI is InChI=1S/C16H15FN2O3/c1-2-22-15-9-11(7-8-14(15)20)10-18-19-16(21)12-5-3-4-6-13(12)17/h3-10,20H,2H2,1H3,(H,19,21). The van der Waals surface area contributed by atoms with E-state index in [2.05, 4.69) is 10.5 Å². The number of amides is 1. The van der Waals surface area contributed by atoms with E-state index in [0.717, 1.165) is 0 Å². The zero-order valence-electron chi connectivity index (χ0n) is 11.9. The van der Waals surface area contributed by atoms with E-state index in [9.17, 15) is 14.3 Å². The molecule has 0 saturated heterocycles. The molecule has 6 heteroatoms. The zero-order chi connectivity index (χ0) is 15.9. The number of phenolic OH excluding ortho intramolecular Hbond substituents is 1. The van der Waals surface area contributed by atoms with Crippen LogP contribution < -0.4 is 10.2 Å². The van der Waals surface area contributed by atoms with Crippen molar-refractivity contribution in [3.63, 3.8) is 0 Å². The highest BCUT2D eigenvalue weighted by Crippen LogP contribution is 2.26. The fraction of sp³-hybridized carbons (Fsp3) is 0.125. The SMILES string of the molecule is CCOc1cc(C=NNC(=O)c2ccccc2F)ccc1O. The third kappa shape index (κ3) is 3.82. The molecule has 0 aliphatic heterocycles. The van der Waals surface area contributed by atoms with Gasteiger partial charge in [0.15, 0.2) is 11.5 Å². The highest BCUT2D eigenvalue weighted by atomic mass is 19.1. The molecule has 0 bridgehead atoms. The largest absolute Gasteiger partial charge is 0.504 e. The minimum Gasteiger partial charge on any atom is -0.504 e. The van der Waals surface area contributed by atoms with Gasteiger partial charge in [0.2, 0.25) is 0 Å². The van der Waals surface area contributed by atoms with Crippen molar-refractivity contribution >= 4 is 12.1 Å². The Kier molecular flexibility index (Phi) is 5.08. The highest BCUT2D eigenvalue weighted by molar-refractivity contribution is 5.95. The second kappa shape index (κ2) is 7.21. The second-order valence-electron chi connectivity index (χ2n) is 4.34. The number of hydrogen-bond acceptors (Lipinski definition) is 4. The molecule has 5 nitrogen and oxygen atoms in total. The minimum atomic E-state index is -0.641. The van der Waals surface area contributed by atoms with Gasteiger partial charge in [0.05, 0.1) is 18.4 Å². The highest BCUT2D eigenvalue weighted by Gasteiger charge is 2.09. The molecule has 0 fully saturated rings.